The zero-order valence-corrected chi connectivity index (χ0v) is 36.9. The fourth-order valence-corrected chi connectivity index (χ4v) is 6.42. The Labute approximate surface area is 348 Å². The molecule has 4 aromatic rings. The largest absolute Gasteiger partial charge is 0.493 e. The molecule has 15 heteroatoms. The van der Waals surface area contributed by atoms with E-state index in [2.05, 4.69) is 15.9 Å². The van der Waals surface area contributed by atoms with E-state index in [0.717, 1.165) is 11.4 Å². The molecule has 0 spiro atoms. The third-order valence-electron chi connectivity index (χ3n) is 8.81. The van der Waals surface area contributed by atoms with E-state index < -0.39 is 0 Å². The van der Waals surface area contributed by atoms with Crippen molar-refractivity contribution < 1.29 is 47.5 Å². The summed E-state index contributed by atoms with van der Waals surface area (Å²) in [5, 5.41) is 0. The van der Waals surface area contributed by atoms with Crippen molar-refractivity contribution in [2.24, 2.45) is 0 Å². The molecule has 14 nitrogen and oxygen atoms in total. The molecule has 4 rings (SSSR count). The number of nitrogens with zero attached hydrogens (tertiary/aromatic N) is 2. The maximum absolute atomic E-state index is 13.0. The van der Waals surface area contributed by atoms with Crippen LogP contribution in [0.2, 0.25) is 0 Å². The van der Waals surface area contributed by atoms with Crippen molar-refractivity contribution in [1.82, 2.24) is 0 Å². The molecule has 0 atom stereocenters. The van der Waals surface area contributed by atoms with Gasteiger partial charge in [-0.1, -0.05) is 0 Å². The monoisotopic (exact) mass is 864 g/mol. The van der Waals surface area contributed by atoms with Gasteiger partial charge in [0.15, 0.2) is 34.6 Å². The Hall–Kier alpha value is -6.22. The van der Waals surface area contributed by atoms with Crippen LogP contribution < -0.4 is 59.2 Å². The Morgan fingerprint density at radius 2 is 0.879 bits per heavy atom. The van der Waals surface area contributed by atoms with Crippen LogP contribution in [0.5, 0.6) is 46.0 Å². The van der Waals surface area contributed by atoms with Crippen LogP contribution in [0, 0.1) is 0 Å². The topological polar surface area (TPSA) is 166 Å². The van der Waals surface area contributed by atoms with Gasteiger partial charge >= 0.3 is 0 Å². The quantitative estimate of drug-likeness (QED) is 0.0641. The summed E-state index contributed by atoms with van der Waals surface area (Å²) in [6, 6.07) is 13.8. The predicted octanol–water partition coefficient (Wildman–Crippen LogP) is 7.64. The molecule has 0 fully saturated rings. The molecule has 312 valence electrons. The van der Waals surface area contributed by atoms with Crippen LogP contribution in [0.4, 0.5) is 22.7 Å². The van der Waals surface area contributed by atoms with E-state index in [4.69, 9.17) is 49.4 Å². The van der Waals surface area contributed by atoms with Gasteiger partial charge < -0.3 is 59.2 Å². The third kappa shape index (κ3) is 10.2. The first-order valence-electron chi connectivity index (χ1n) is 17.6. The average Bonchev–Trinajstić information content (AvgIpc) is 3.22. The molecule has 0 unspecified atom stereocenters. The molecular formula is C43H53BrN4O10. The minimum atomic E-state index is -0.205. The van der Waals surface area contributed by atoms with Gasteiger partial charge in [0, 0.05) is 50.4 Å². The van der Waals surface area contributed by atoms with Gasteiger partial charge in [0.2, 0.25) is 23.0 Å². The number of methoxy groups -OCH3 is 8. The number of hydrogen-bond acceptors (Lipinski definition) is 14. The van der Waals surface area contributed by atoms with Crippen LogP contribution in [0.15, 0.2) is 58.6 Å². The molecule has 0 heterocycles. The van der Waals surface area contributed by atoms with Crippen LogP contribution in [0.3, 0.4) is 0 Å². The maximum Gasteiger partial charge on any atom is 0.207 e. The van der Waals surface area contributed by atoms with Crippen molar-refractivity contribution in [1.29, 1.82) is 0 Å². The van der Waals surface area contributed by atoms with Crippen LogP contribution in [0.25, 0.3) is 12.2 Å². The Morgan fingerprint density at radius 1 is 0.517 bits per heavy atom. The highest BCUT2D eigenvalue weighted by Crippen LogP contribution is 2.48. The number of allylic oxidation sites excluding steroid dienone is 2. The van der Waals surface area contributed by atoms with Crippen LogP contribution >= 0.6 is 15.9 Å². The number of benzene rings is 4. The van der Waals surface area contributed by atoms with E-state index in [9.17, 15) is 9.59 Å². The first-order valence-corrected chi connectivity index (χ1v) is 18.4. The smallest absolute Gasteiger partial charge is 0.207 e. The molecule has 4 aromatic carbocycles. The van der Waals surface area contributed by atoms with Crippen molar-refractivity contribution >= 4 is 62.4 Å². The minimum Gasteiger partial charge on any atom is -0.493 e. The molecule has 4 N–H and O–H groups in total. The highest BCUT2D eigenvalue weighted by atomic mass is 79.9. The summed E-state index contributed by atoms with van der Waals surface area (Å²) in [4.78, 5) is 29.7. The van der Waals surface area contributed by atoms with Crippen molar-refractivity contribution in [2.75, 3.05) is 106 Å². The predicted molar refractivity (Wildman–Crippen MR) is 235 cm³/mol. The Kier molecular flexibility index (Phi) is 16.6. The first kappa shape index (κ1) is 46.2. The molecule has 0 aliphatic heterocycles. The number of hydrogen-bond donors (Lipinski definition) is 2. The zero-order valence-electron chi connectivity index (χ0n) is 35.3. The lowest BCUT2D eigenvalue weighted by Gasteiger charge is -2.18. The van der Waals surface area contributed by atoms with Gasteiger partial charge in [0.05, 0.1) is 84.1 Å². The molecule has 0 aromatic heterocycles. The lowest BCUT2D eigenvalue weighted by atomic mass is 10.00. The summed E-state index contributed by atoms with van der Waals surface area (Å²) in [7, 11) is 19.6. The zero-order chi connectivity index (χ0) is 43.4. The number of carbonyl (C=O) groups is 2. The molecule has 0 saturated carbocycles. The number of nitrogens with two attached hydrogens (primary N) is 2. The van der Waals surface area contributed by atoms with Crippen LogP contribution in [0.1, 0.15) is 38.8 Å². The lowest BCUT2D eigenvalue weighted by molar-refractivity contribution is 0.103. The number of anilines is 4. The summed E-state index contributed by atoms with van der Waals surface area (Å²) in [6.45, 7) is 1.75. The summed E-state index contributed by atoms with van der Waals surface area (Å²) in [5.41, 5.74) is 17.5. The Bertz CT molecular complexity index is 2030. The van der Waals surface area contributed by atoms with Gasteiger partial charge in [-0.2, -0.15) is 0 Å². The Morgan fingerprint density at radius 3 is 1.22 bits per heavy atom. The second-order valence-corrected chi connectivity index (χ2v) is 13.7. The number of ketones is 2. The number of halogens is 1. The number of rotatable bonds is 16. The highest BCUT2D eigenvalue weighted by Gasteiger charge is 2.23. The van der Waals surface area contributed by atoms with Gasteiger partial charge in [-0.15, -0.1) is 0 Å². The van der Waals surface area contributed by atoms with Gasteiger partial charge in [-0.25, -0.2) is 0 Å². The highest BCUT2D eigenvalue weighted by molar-refractivity contribution is 9.12. The number of nitrogen functional groups attached to an aromatic ring is 2. The molecule has 58 heavy (non-hydrogen) atoms. The fraction of sp³-hybridized carbons (Fsp3) is 0.302. The normalized spacial score (nSPS) is 11.1. The van der Waals surface area contributed by atoms with Crippen molar-refractivity contribution in [3.05, 3.63) is 80.8 Å². The fourth-order valence-electron chi connectivity index (χ4n) is 5.94. The van der Waals surface area contributed by atoms with Gasteiger partial charge in [-0.05, 0) is 89.1 Å². The van der Waals surface area contributed by atoms with Crippen molar-refractivity contribution in [3.63, 3.8) is 0 Å². The molecule has 0 amide bonds. The molecule has 0 aliphatic rings. The molecule has 0 bridgehead atoms. The minimum absolute atomic E-state index is 0.121. The van der Waals surface area contributed by atoms with Gasteiger partial charge in [0.1, 0.15) is 0 Å². The number of Topliss-reactive ketones (excluding diaryl/α,β-unsaturated/α-hetero) is 2. The molecule has 0 radical (unpaired) electrons. The van der Waals surface area contributed by atoms with E-state index in [1.54, 1.807) is 67.6 Å². The molecule has 0 aliphatic carbocycles. The van der Waals surface area contributed by atoms with Crippen molar-refractivity contribution in [3.8, 4) is 46.0 Å². The van der Waals surface area contributed by atoms with E-state index in [1.807, 2.05) is 38.0 Å². The summed E-state index contributed by atoms with van der Waals surface area (Å²) in [6.07, 6.45) is 3.38. The van der Waals surface area contributed by atoms with E-state index in [0.29, 0.717) is 89.7 Å². The van der Waals surface area contributed by atoms with Gasteiger partial charge in [0.25, 0.3) is 0 Å². The molecular weight excluding hydrogens is 812 g/mol. The van der Waals surface area contributed by atoms with E-state index >= 15 is 0 Å². The third-order valence-corrected chi connectivity index (χ3v) is 9.40. The first-order chi connectivity index (χ1) is 27.6. The van der Waals surface area contributed by atoms with Crippen LogP contribution in [-0.4, -0.2) is 96.6 Å². The second-order valence-electron chi connectivity index (χ2n) is 12.8. The van der Waals surface area contributed by atoms with Crippen molar-refractivity contribution in [2.45, 2.75) is 6.92 Å². The Balaban J connectivity index is 0.000000310. The van der Waals surface area contributed by atoms with Crippen LogP contribution in [-0.2, 0) is 0 Å². The SMILES string of the molecule is COc1cc(/C=C(/Br)C(=O)c2ccc(N)c(N(C)C)c2)c(OC)c(OC)c1OC.COc1cc(/C=C(\C)C(=O)c2ccc(N)c(N(C)C)c2)c(OC)c(OC)c1OC. The second kappa shape index (κ2) is 20.8. The van der Waals surface area contributed by atoms with Gasteiger partial charge in [-0.3, -0.25) is 9.59 Å². The molecule has 0 saturated heterocycles. The maximum atomic E-state index is 13.0. The standard InChI is InChI=1S/C22H28N2O5.C21H25BrN2O5/c1-13(19(25)14-8-9-16(23)17(11-14)24(2)3)10-15-12-18(26-4)21(28-6)22(29-7)20(15)27-5;1-24(2)16-10-12(7-8-15(16)23)18(25)14(22)9-13-11-17(26-3)20(28-5)21(29-6)19(13)27-4/h8-12H,23H2,1-7H3;7-11H,23H2,1-6H3/b13-10+;14-9+. The number of carbonyl (C=O) groups excluding carboxylic acids is 2. The summed E-state index contributed by atoms with van der Waals surface area (Å²) < 4.78 is 43.8. The number of ether oxygens (including phenoxy) is 8. The summed E-state index contributed by atoms with van der Waals surface area (Å²) >= 11 is 3.39. The average molecular weight is 866 g/mol. The summed E-state index contributed by atoms with van der Waals surface area (Å²) in [5.74, 6) is 3.05. The van der Waals surface area contributed by atoms with E-state index in [-0.39, 0.29) is 11.6 Å². The lowest BCUT2D eigenvalue weighted by Crippen LogP contribution is -2.12. The van der Waals surface area contributed by atoms with E-state index in [1.165, 1.54) is 56.9 Å².